The van der Waals surface area contributed by atoms with Gasteiger partial charge in [0.15, 0.2) is 0 Å². The summed E-state index contributed by atoms with van der Waals surface area (Å²) in [5.41, 5.74) is 0.299. The Morgan fingerprint density at radius 3 is 2.18 bits per heavy atom. The highest BCUT2D eigenvalue weighted by Crippen LogP contribution is 2.43. The zero-order valence-corrected chi connectivity index (χ0v) is 17.4. The summed E-state index contributed by atoms with van der Waals surface area (Å²) in [5.74, 6) is 0.307. The lowest BCUT2D eigenvalue weighted by Gasteiger charge is -2.19. The van der Waals surface area contributed by atoms with Crippen LogP contribution in [0.4, 0.5) is 13.2 Å². The standard InChI is InChI=1S/C17H20F3NO.C6H14/c1-10-3-2-4-15(10)21-16(22)13-8-7-12(17(18,19)20)9-14(13)11-5-6-11;1-3-5-6-4-2/h7-11,15H,2-6H2,1H3,(H,21,22);3-6H2,1-2H3. The van der Waals surface area contributed by atoms with E-state index in [1.807, 2.05) is 0 Å². The minimum Gasteiger partial charge on any atom is -0.349 e. The quantitative estimate of drug-likeness (QED) is 0.510. The van der Waals surface area contributed by atoms with Crippen molar-refractivity contribution in [3.63, 3.8) is 0 Å². The summed E-state index contributed by atoms with van der Waals surface area (Å²) in [7, 11) is 0. The Morgan fingerprint density at radius 1 is 1.07 bits per heavy atom. The first-order valence-corrected chi connectivity index (χ1v) is 10.8. The van der Waals surface area contributed by atoms with Gasteiger partial charge in [0, 0.05) is 11.6 Å². The molecule has 1 aromatic rings. The fraction of sp³-hybridized carbons (Fsp3) is 0.696. The maximum Gasteiger partial charge on any atom is 0.416 e. The molecule has 0 aromatic heterocycles. The number of nitrogens with one attached hydrogen (secondary N) is 1. The predicted octanol–water partition coefficient (Wildman–Crippen LogP) is 7.09. The molecule has 2 atom stereocenters. The number of hydrogen-bond donors (Lipinski definition) is 1. The Hall–Kier alpha value is -1.52. The van der Waals surface area contributed by atoms with Crippen LogP contribution < -0.4 is 5.32 Å². The van der Waals surface area contributed by atoms with Crippen molar-refractivity contribution < 1.29 is 18.0 Å². The number of unbranched alkanes of at least 4 members (excludes halogenated alkanes) is 3. The maximum absolute atomic E-state index is 12.9. The molecular weight excluding hydrogens is 363 g/mol. The smallest absolute Gasteiger partial charge is 0.349 e. The number of hydrogen-bond acceptors (Lipinski definition) is 1. The number of amides is 1. The molecule has 5 heteroatoms. The average molecular weight is 398 g/mol. The molecule has 2 saturated carbocycles. The fourth-order valence-electron chi connectivity index (χ4n) is 3.78. The Bertz CT molecular complexity index is 633. The van der Waals surface area contributed by atoms with Crippen molar-refractivity contribution in [3.05, 3.63) is 34.9 Å². The number of rotatable bonds is 6. The Kier molecular flexibility index (Phi) is 8.38. The topological polar surface area (TPSA) is 29.1 Å². The van der Waals surface area contributed by atoms with Crippen LogP contribution in [0.15, 0.2) is 18.2 Å². The maximum atomic E-state index is 12.9. The zero-order valence-electron chi connectivity index (χ0n) is 17.4. The average Bonchev–Trinajstić information content (AvgIpc) is 3.43. The van der Waals surface area contributed by atoms with Crippen molar-refractivity contribution >= 4 is 5.91 Å². The van der Waals surface area contributed by atoms with Crippen LogP contribution in [0.3, 0.4) is 0 Å². The number of halogens is 3. The predicted molar refractivity (Wildman–Crippen MR) is 108 cm³/mol. The number of alkyl halides is 3. The van der Waals surface area contributed by atoms with Gasteiger partial charge in [-0.05, 0) is 61.3 Å². The van der Waals surface area contributed by atoms with E-state index in [9.17, 15) is 18.0 Å². The van der Waals surface area contributed by atoms with Gasteiger partial charge >= 0.3 is 6.18 Å². The lowest BCUT2D eigenvalue weighted by molar-refractivity contribution is -0.137. The third-order valence-corrected chi connectivity index (χ3v) is 5.78. The molecule has 2 unspecified atom stereocenters. The minimum absolute atomic E-state index is 0.101. The summed E-state index contributed by atoms with van der Waals surface area (Å²) in [5, 5.41) is 3.01. The van der Waals surface area contributed by atoms with Crippen LogP contribution in [0.25, 0.3) is 0 Å². The van der Waals surface area contributed by atoms with Crippen LogP contribution in [0.5, 0.6) is 0 Å². The van der Waals surface area contributed by atoms with Crippen molar-refractivity contribution in [2.75, 3.05) is 0 Å². The Labute approximate surface area is 167 Å². The Balaban J connectivity index is 0.000000409. The van der Waals surface area contributed by atoms with Crippen LogP contribution in [0, 0.1) is 5.92 Å². The second kappa shape index (κ2) is 10.3. The van der Waals surface area contributed by atoms with E-state index in [-0.39, 0.29) is 17.9 Å². The molecule has 158 valence electrons. The molecule has 2 aliphatic carbocycles. The molecule has 2 nitrogen and oxygen atoms in total. The fourth-order valence-corrected chi connectivity index (χ4v) is 3.78. The first-order valence-electron chi connectivity index (χ1n) is 10.8. The monoisotopic (exact) mass is 397 g/mol. The summed E-state index contributed by atoms with van der Waals surface area (Å²) in [6.07, 6.45) is 6.03. The van der Waals surface area contributed by atoms with Crippen molar-refractivity contribution in [3.8, 4) is 0 Å². The molecule has 0 saturated heterocycles. The van der Waals surface area contributed by atoms with E-state index < -0.39 is 11.7 Å². The molecule has 2 aliphatic rings. The summed E-state index contributed by atoms with van der Waals surface area (Å²) >= 11 is 0. The highest BCUT2D eigenvalue weighted by Gasteiger charge is 2.35. The second-order valence-electron chi connectivity index (χ2n) is 8.27. The van der Waals surface area contributed by atoms with E-state index in [0.29, 0.717) is 17.0 Å². The highest BCUT2D eigenvalue weighted by molar-refractivity contribution is 5.96. The largest absolute Gasteiger partial charge is 0.416 e. The molecule has 2 fully saturated rings. The Morgan fingerprint density at radius 2 is 1.71 bits per heavy atom. The summed E-state index contributed by atoms with van der Waals surface area (Å²) < 4.78 is 38.6. The van der Waals surface area contributed by atoms with Gasteiger partial charge in [-0.2, -0.15) is 13.2 Å². The number of benzene rings is 1. The van der Waals surface area contributed by atoms with Crippen LogP contribution >= 0.6 is 0 Å². The molecule has 28 heavy (non-hydrogen) atoms. The molecule has 0 bridgehead atoms. The summed E-state index contributed by atoms with van der Waals surface area (Å²) in [4.78, 5) is 12.5. The normalized spacial score (nSPS) is 21.8. The van der Waals surface area contributed by atoms with Gasteiger partial charge in [0.1, 0.15) is 0 Å². The minimum atomic E-state index is -4.36. The van der Waals surface area contributed by atoms with Crippen molar-refractivity contribution in [1.29, 1.82) is 0 Å². The lowest BCUT2D eigenvalue weighted by Crippen LogP contribution is -2.36. The number of carbonyl (C=O) groups excluding carboxylic acids is 1. The summed E-state index contributed by atoms with van der Waals surface area (Å²) in [6, 6.07) is 3.65. The van der Waals surface area contributed by atoms with Gasteiger partial charge in [-0.1, -0.05) is 52.9 Å². The zero-order chi connectivity index (χ0) is 20.7. The molecule has 0 spiro atoms. The highest BCUT2D eigenvalue weighted by atomic mass is 19.4. The van der Waals surface area contributed by atoms with E-state index in [1.54, 1.807) is 0 Å². The first kappa shape index (κ1) is 22.8. The molecule has 3 rings (SSSR count). The molecular formula is C23H34F3NO. The van der Waals surface area contributed by atoms with Gasteiger partial charge in [0.2, 0.25) is 0 Å². The van der Waals surface area contributed by atoms with E-state index in [1.165, 1.54) is 31.7 Å². The van der Waals surface area contributed by atoms with Crippen molar-refractivity contribution in [1.82, 2.24) is 5.32 Å². The van der Waals surface area contributed by atoms with E-state index in [2.05, 4.69) is 26.1 Å². The van der Waals surface area contributed by atoms with Crippen LogP contribution in [0.2, 0.25) is 0 Å². The van der Waals surface area contributed by atoms with Crippen LogP contribution in [-0.4, -0.2) is 11.9 Å². The van der Waals surface area contributed by atoms with Gasteiger partial charge < -0.3 is 5.32 Å². The molecule has 0 heterocycles. The second-order valence-corrected chi connectivity index (χ2v) is 8.27. The van der Waals surface area contributed by atoms with Gasteiger partial charge in [-0.15, -0.1) is 0 Å². The van der Waals surface area contributed by atoms with Crippen LogP contribution in [-0.2, 0) is 6.18 Å². The van der Waals surface area contributed by atoms with Crippen molar-refractivity contribution in [2.45, 2.75) is 96.7 Å². The third kappa shape index (κ3) is 6.52. The molecule has 1 N–H and O–H groups in total. The van der Waals surface area contributed by atoms with Crippen LogP contribution in [0.1, 0.15) is 106 Å². The van der Waals surface area contributed by atoms with E-state index >= 15 is 0 Å². The van der Waals surface area contributed by atoms with E-state index in [0.717, 1.165) is 44.2 Å². The lowest BCUT2D eigenvalue weighted by atomic mass is 9.98. The van der Waals surface area contributed by atoms with Gasteiger partial charge in [0.05, 0.1) is 5.56 Å². The summed E-state index contributed by atoms with van der Waals surface area (Å²) in [6.45, 7) is 6.57. The molecule has 1 aromatic carbocycles. The SMILES string of the molecule is CC1CCCC1NC(=O)c1ccc(C(F)(F)F)cc1C1CC1.CCCCCC. The first-order chi connectivity index (χ1) is 13.3. The van der Waals surface area contributed by atoms with Crippen molar-refractivity contribution in [2.24, 2.45) is 5.92 Å². The van der Waals surface area contributed by atoms with E-state index in [4.69, 9.17) is 0 Å². The third-order valence-electron chi connectivity index (χ3n) is 5.78. The molecule has 1 amide bonds. The molecule has 0 aliphatic heterocycles. The van der Waals surface area contributed by atoms with Gasteiger partial charge in [-0.3, -0.25) is 4.79 Å². The number of carbonyl (C=O) groups is 1. The van der Waals surface area contributed by atoms with Gasteiger partial charge in [-0.25, -0.2) is 0 Å². The molecule has 0 radical (unpaired) electrons. The van der Waals surface area contributed by atoms with Gasteiger partial charge in [0.25, 0.3) is 5.91 Å².